The molecule has 0 saturated heterocycles. The molecular formula is C15H13ClN4O2S. The largest absolute Gasteiger partial charge is 0.463 e. The molecule has 1 fully saturated rings. The molecular weight excluding hydrogens is 336 g/mol. The van der Waals surface area contributed by atoms with Crippen molar-refractivity contribution in [3.05, 3.63) is 41.3 Å². The molecule has 0 spiro atoms. The topological polar surface area (TPSA) is 101 Å². The van der Waals surface area contributed by atoms with Gasteiger partial charge in [-0.2, -0.15) is 4.99 Å². The molecule has 0 unspecified atom stereocenters. The minimum absolute atomic E-state index is 0.173. The van der Waals surface area contributed by atoms with Gasteiger partial charge in [-0.1, -0.05) is 17.7 Å². The van der Waals surface area contributed by atoms with E-state index < -0.39 is 6.09 Å². The first-order chi connectivity index (χ1) is 11.0. The quantitative estimate of drug-likeness (QED) is 0.648. The number of hydrogen-bond acceptors (Lipinski definition) is 4. The molecule has 2 aromatic rings. The monoisotopic (exact) mass is 348 g/mol. The van der Waals surface area contributed by atoms with Gasteiger partial charge < -0.3 is 10.8 Å². The molecule has 1 aliphatic carbocycles. The molecule has 1 aromatic heterocycles. The minimum Gasteiger partial charge on any atom is -0.463 e. The molecule has 1 amide bonds. The van der Waals surface area contributed by atoms with Gasteiger partial charge in [0.05, 0.1) is 10.7 Å². The van der Waals surface area contributed by atoms with Crippen molar-refractivity contribution in [2.45, 2.75) is 23.0 Å². The van der Waals surface area contributed by atoms with Gasteiger partial charge in [-0.3, -0.25) is 0 Å². The zero-order valence-corrected chi connectivity index (χ0v) is 13.5. The molecule has 23 heavy (non-hydrogen) atoms. The summed E-state index contributed by atoms with van der Waals surface area (Å²) in [5.74, 6) is -0.173. The van der Waals surface area contributed by atoms with Gasteiger partial charge in [0.2, 0.25) is 0 Å². The molecule has 3 rings (SSSR count). The molecule has 1 aliphatic rings. The lowest BCUT2D eigenvalue weighted by Crippen LogP contribution is -2.17. The number of amides is 1. The van der Waals surface area contributed by atoms with Crippen molar-refractivity contribution in [3.8, 4) is 11.3 Å². The molecule has 1 aromatic carbocycles. The van der Waals surface area contributed by atoms with Gasteiger partial charge in [0, 0.05) is 15.7 Å². The Kier molecular flexibility index (Phi) is 4.49. The molecule has 3 N–H and O–H groups in total. The van der Waals surface area contributed by atoms with Crippen molar-refractivity contribution in [2.24, 2.45) is 10.7 Å². The van der Waals surface area contributed by atoms with E-state index in [0.29, 0.717) is 16.0 Å². The summed E-state index contributed by atoms with van der Waals surface area (Å²) in [6.07, 6.45) is 2.42. The molecule has 118 valence electrons. The summed E-state index contributed by atoms with van der Waals surface area (Å²) in [4.78, 5) is 23.0. The first-order valence-corrected chi connectivity index (χ1v) is 8.15. The first kappa shape index (κ1) is 15.8. The number of amidine groups is 1. The van der Waals surface area contributed by atoms with Crippen LogP contribution in [0, 0.1) is 0 Å². The van der Waals surface area contributed by atoms with Gasteiger partial charge in [0.1, 0.15) is 12.0 Å². The SMILES string of the molecule is NC(=NC(=O)O)c1cc(-c2ccc(SC3CC3)c(Cl)c2)ncn1. The number of nitrogens with two attached hydrogens (primary N) is 1. The van der Waals surface area contributed by atoms with Crippen LogP contribution in [0.4, 0.5) is 4.79 Å². The molecule has 0 atom stereocenters. The number of nitrogens with zero attached hydrogens (tertiary/aromatic N) is 3. The second-order valence-corrected chi connectivity index (χ2v) is 6.78. The number of thioether (sulfide) groups is 1. The summed E-state index contributed by atoms with van der Waals surface area (Å²) < 4.78 is 0. The van der Waals surface area contributed by atoms with E-state index in [1.54, 1.807) is 17.8 Å². The van der Waals surface area contributed by atoms with Crippen LogP contribution in [0.5, 0.6) is 0 Å². The van der Waals surface area contributed by atoms with Crippen LogP contribution >= 0.6 is 23.4 Å². The van der Waals surface area contributed by atoms with Crippen molar-refractivity contribution in [3.63, 3.8) is 0 Å². The van der Waals surface area contributed by atoms with E-state index in [4.69, 9.17) is 22.4 Å². The van der Waals surface area contributed by atoms with Gasteiger partial charge in [0.15, 0.2) is 5.84 Å². The Hall–Kier alpha value is -2.12. The smallest absolute Gasteiger partial charge is 0.433 e. The third kappa shape index (κ3) is 4.00. The van der Waals surface area contributed by atoms with E-state index in [9.17, 15) is 4.79 Å². The zero-order chi connectivity index (χ0) is 16.4. The van der Waals surface area contributed by atoms with Crippen LogP contribution in [0.15, 0.2) is 40.5 Å². The van der Waals surface area contributed by atoms with Gasteiger partial charge in [-0.15, -0.1) is 11.8 Å². The lowest BCUT2D eigenvalue weighted by molar-refractivity contribution is 0.205. The summed E-state index contributed by atoms with van der Waals surface area (Å²) in [6, 6.07) is 7.31. The van der Waals surface area contributed by atoms with Crippen LogP contribution < -0.4 is 5.73 Å². The standard InChI is InChI=1S/C15H13ClN4O2S/c16-10-5-8(1-4-13(10)23-9-2-3-9)11-6-12(19-7-18-11)14(17)20-15(21)22/h1,4-7,9H,2-3H2,(H2,17,20)(H,21,22). The molecule has 1 heterocycles. The number of carbonyl (C=O) groups is 1. The number of carboxylic acid groups (broad SMARTS) is 1. The maximum absolute atomic E-state index is 10.6. The van der Waals surface area contributed by atoms with Crippen molar-refractivity contribution in [1.29, 1.82) is 0 Å². The highest BCUT2D eigenvalue weighted by Crippen LogP contribution is 2.42. The van der Waals surface area contributed by atoms with Crippen molar-refractivity contribution >= 4 is 35.3 Å². The average Bonchev–Trinajstić information content (AvgIpc) is 3.33. The average molecular weight is 349 g/mol. The van der Waals surface area contributed by atoms with Crippen LogP contribution in [0.3, 0.4) is 0 Å². The predicted octanol–water partition coefficient (Wildman–Crippen LogP) is 3.43. The highest BCUT2D eigenvalue weighted by atomic mass is 35.5. The number of rotatable bonds is 4. The Morgan fingerprint density at radius 1 is 1.35 bits per heavy atom. The summed E-state index contributed by atoms with van der Waals surface area (Å²) >= 11 is 8.12. The van der Waals surface area contributed by atoms with Crippen LogP contribution in [-0.2, 0) is 0 Å². The van der Waals surface area contributed by atoms with Crippen molar-refractivity contribution in [2.75, 3.05) is 0 Å². The number of halogens is 1. The Balaban J connectivity index is 1.89. The highest BCUT2D eigenvalue weighted by molar-refractivity contribution is 8.00. The summed E-state index contributed by atoms with van der Waals surface area (Å²) in [6.45, 7) is 0. The molecule has 0 radical (unpaired) electrons. The van der Waals surface area contributed by atoms with Gasteiger partial charge in [0.25, 0.3) is 0 Å². The maximum Gasteiger partial charge on any atom is 0.433 e. The van der Waals surface area contributed by atoms with Crippen LogP contribution in [0.2, 0.25) is 5.02 Å². The number of hydrogen-bond donors (Lipinski definition) is 2. The number of aromatic nitrogens is 2. The molecule has 8 heteroatoms. The molecule has 6 nitrogen and oxygen atoms in total. The van der Waals surface area contributed by atoms with E-state index in [0.717, 1.165) is 10.5 Å². The number of benzene rings is 1. The normalized spacial score (nSPS) is 14.7. The molecule has 0 bridgehead atoms. The summed E-state index contributed by atoms with van der Waals surface area (Å²) in [7, 11) is 0. The van der Waals surface area contributed by atoms with Crippen LogP contribution in [0.1, 0.15) is 18.5 Å². The summed E-state index contributed by atoms with van der Waals surface area (Å²) in [5.41, 5.74) is 7.27. The Bertz CT molecular complexity index is 793. The van der Waals surface area contributed by atoms with Crippen molar-refractivity contribution < 1.29 is 9.90 Å². The van der Waals surface area contributed by atoms with Gasteiger partial charge >= 0.3 is 6.09 Å². The Labute approximate surface area is 141 Å². The molecule has 1 saturated carbocycles. The minimum atomic E-state index is -1.37. The van der Waals surface area contributed by atoms with E-state index in [2.05, 4.69) is 15.0 Å². The van der Waals surface area contributed by atoms with Crippen LogP contribution in [-0.4, -0.2) is 32.3 Å². The number of aliphatic imine (C=N–C) groups is 1. The molecule has 0 aliphatic heterocycles. The Morgan fingerprint density at radius 2 is 2.13 bits per heavy atom. The lowest BCUT2D eigenvalue weighted by atomic mass is 10.1. The summed E-state index contributed by atoms with van der Waals surface area (Å²) in [5, 5.41) is 9.99. The zero-order valence-electron chi connectivity index (χ0n) is 11.9. The first-order valence-electron chi connectivity index (χ1n) is 6.89. The second kappa shape index (κ2) is 6.55. The fourth-order valence-electron chi connectivity index (χ4n) is 1.94. The van der Waals surface area contributed by atoms with E-state index in [1.807, 2.05) is 18.2 Å². The Morgan fingerprint density at radius 3 is 2.78 bits per heavy atom. The van der Waals surface area contributed by atoms with E-state index in [-0.39, 0.29) is 11.5 Å². The van der Waals surface area contributed by atoms with E-state index in [1.165, 1.54) is 19.2 Å². The third-order valence-electron chi connectivity index (χ3n) is 3.19. The van der Waals surface area contributed by atoms with Crippen LogP contribution in [0.25, 0.3) is 11.3 Å². The van der Waals surface area contributed by atoms with E-state index >= 15 is 0 Å². The second-order valence-electron chi connectivity index (χ2n) is 5.03. The van der Waals surface area contributed by atoms with Crippen molar-refractivity contribution in [1.82, 2.24) is 9.97 Å². The third-order valence-corrected chi connectivity index (χ3v) is 5.03. The van der Waals surface area contributed by atoms with Gasteiger partial charge in [-0.25, -0.2) is 14.8 Å². The fourth-order valence-corrected chi connectivity index (χ4v) is 3.30. The fraction of sp³-hybridized carbons (Fsp3) is 0.200. The maximum atomic E-state index is 10.6. The lowest BCUT2D eigenvalue weighted by Gasteiger charge is -2.07. The predicted molar refractivity (Wildman–Crippen MR) is 90.1 cm³/mol. The van der Waals surface area contributed by atoms with Gasteiger partial charge in [-0.05, 0) is 31.0 Å². The highest BCUT2D eigenvalue weighted by Gasteiger charge is 2.23.